The van der Waals surface area contributed by atoms with Crippen LogP contribution in [0, 0.1) is 0 Å². The highest BCUT2D eigenvalue weighted by atomic mass is 35.5. The number of aliphatic hydroxyl groups is 1. The van der Waals surface area contributed by atoms with E-state index in [1.165, 1.54) is 6.33 Å². The summed E-state index contributed by atoms with van der Waals surface area (Å²) >= 11 is 5.93. The van der Waals surface area contributed by atoms with Crippen LogP contribution < -0.4 is 4.90 Å². The Hall–Kier alpha value is -1.66. The van der Waals surface area contributed by atoms with E-state index in [4.69, 9.17) is 11.6 Å². The molecule has 0 aliphatic carbocycles. The van der Waals surface area contributed by atoms with Crippen LogP contribution in [-0.4, -0.2) is 31.7 Å². The molecule has 0 amide bonds. The molecular formula is C11H14ClN5O. The van der Waals surface area contributed by atoms with E-state index in [1.54, 1.807) is 6.20 Å². The first-order valence-electron chi connectivity index (χ1n) is 5.41. The van der Waals surface area contributed by atoms with Crippen molar-refractivity contribution in [2.75, 3.05) is 11.9 Å². The number of hydrogen-bond donors (Lipinski definition) is 1. The monoisotopic (exact) mass is 267 g/mol. The number of imidazole rings is 1. The predicted octanol–water partition coefficient (Wildman–Crippen LogP) is 0.992. The standard InChI is InChI=1S/C11H14ClN5O/c1-16-4-3-13-9(16)5-17(2)11-8(6-18)10(12)14-7-15-11/h3-4,7,18H,5-6H2,1-2H3. The van der Waals surface area contributed by atoms with Gasteiger partial charge in [0, 0.05) is 26.5 Å². The molecule has 1 N–H and O–H groups in total. The lowest BCUT2D eigenvalue weighted by Crippen LogP contribution is -2.22. The molecule has 2 aromatic heterocycles. The average molecular weight is 268 g/mol. The number of anilines is 1. The summed E-state index contributed by atoms with van der Waals surface area (Å²) in [6.07, 6.45) is 5.00. The fraction of sp³-hybridized carbons (Fsp3) is 0.364. The number of aryl methyl sites for hydroxylation is 1. The molecular weight excluding hydrogens is 254 g/mol. The molecule has 2 aromatic rings. The number of aromatic nitrogens is 4. The van der Waals surface area contributed by atoms with Gasteiger partial charge in [0.15, 0.2) is 0 Å². The first kappa shape index (κ1) is 12.8. The second kappa shape index (κ2) is 5.32. The lowest BCUT2D eigenvalue weighted by Gasteiger charge is -2.20. The Kier molecular flexibility index (Phi) is 3.78. The first-order chi connectivity index (χ1) is 8.63. The summed E-state index contributed by atoms with van der Waals surface area (Å²) in [6.45, 7) is 0.379. The third-order valence-corrected chi connectivity index (χ3v) is 3.01. The number of aliphatic hydroxyl groups excluding tert-OH is 1. The van der Waals surface area contributed by atoms with Crippen molar-refractivity contribution in [2.24, 2.45) is 7.05 Å². The highest BCUT2D eigenvalue weighted by molar-refractivity contribution is 6.30. The molecule has 0 aromatic carbocycles. The third kappa shape index (κ3) is 2.44. The zero-order valence-electron chi connectivity index (χ0n) is 10.2. The molecule has 6 nitrogen and oxygen atoms in total. The highest BCUT2D eigenvalue weighted by Crippen LogP contribution is 2.23. The van der Waals surface area contributed by atoms with E-state index in [1.807, 2.05) is 29.8 Å². The van der Waals surface area contributed by atoms with Crippen molar-refractivity contribution in [3.8, 4) is 0 Å². The maximum atomic E-state index is 9.32. The van der Waals surface area contributed by atoms with Gasteiger partial charge in [0.2, 0.25) is 0 Å². The molecule has 0 aliphatic heterocycles. The lowest BCUT2D eigenvalue weighted by molar-refractivity contribution is 0.281. The molecule has 18 heavy (non-hydrogen) atoms. The fourth-order valence-corrected chi connectivity index (χ4v) is 1.87. The van der Waals surface area contributed by atoms with Gasteiger partial charge < -0.3 is 14.6 Å². The van der Waals surface area contributed by atoms with Gasteiger partial charge in [-0.05, 0) is 0 Å². The van der Waals surface area contributed by atoms with E-state index >= 15 is 0 Å². The molecule has 7 heteroatoms. The Bertz CT molecular complexity index is 542. The van der Waals surface area contributed by atoms with Gasteiger partial charge in [-0.1, -0.05) is 11.6 Å². The van der Waals surface area contributed by atoms with Crippen molar-refractivity contribution < 1.29 is 5.11 Å². The van der Waals surface area contributed by atoms with Crippen LogP contribution in [0.4, 0.5) is 5.82 Å². The van der Waals surface area contributed by atoms with Crippen LogP contribution in [0.3, 0.4) is 0 Å². The van der Waals surface area contributed by atoms with Crippen LogP contribution in [0.25, 0.3) is 0 Å². The first-order valence-corrected chi connectivity index (χ1v) is 5.79. The Morgan fingerprint density at radius 1 is 1.39 bits per heavy atom. The molecule has 0 radical (unpaired) electrons. The summed E-state index contributed by atoms with van der Waals surface area (Å²) < 4.78 is 1.93. The molecule has 0 saturated heterocycles. The van der Waals surface area contributed by atoms with Gasteiger partial charge in [0.1, 0.15) is 23.1 Å². The van der Waals surface area contributed by atoms with E-state index in [0.29, 0.717) is 17.9 Å². The highest BCUT2D eigenvalue weighted by Gasteiger charge is 2.14. The van der Waals surface area contributed by atoms with Crippen molar-refractivity contribution in [3.05, 3.63) is 35.3 Å². The van der Waals surface area contributed by atoms with Gasteiger partial charge in [-0.15, -0.1) is 0 Å². The average Bonchev–Trinajstić information content (AvgIpc) is 2.74. The van der Waals surface area contributed by atoms with Crippen LogP contribution in [0.2, 0.25) is 5.15 Å². The second-order valence-corrected chi connectivity index (χ2v) is 4.29. The summed E-state index contributed by atoms with van der Waals surface area (Å²) in [5.74, 6) is 1.51. The molecule has 96 valence electrons. The van der Waals surface area contributed by atoms with Gasteiger partial charge in [-0.25, -0.2) is 15.0 Å². The quantitative estimate of drug-likeness (QED) is 0.837. The minimum atomic E-state index is -0.195. The van der Waals surface area contributed by atoms with Gasteiger partial charge >= 0.3 is 0 Å². The molecule has 0 saturated carbocycles. The molecule has 0 aliphatic rings. The molecule has 0 unspecified atom stereocenters. The summed E-state index contributed by atoms with van der Waals surface area (Å²) in [5, 5.41) is 9.59. The maximum absolute atomic E-state index is 9.32. The number of nitrogens with zero attached hydrogens (tertiary/aromatic N) is 5. The lowest BCUT2D eigenvalue weighted by atomic mass is 10.3. The zero-order valence-corrected chi connectivity index (χ0v) is 11.0. The molecule has 0 fully saturated rings. The largest absolute Gasteiger partial charge is 0.391 e. The van der Waals surface area contributed by atoms with E-state index < -0.39 is 0 Å². The van der Waals surface area contributed by atoms with Crippen molar-refractivity contribution in [2.45, 2.75) is 13.2 Å². The Labute approximate surface area is 110 Å². The van der Waals surface area contributed by atoms with E-state index in [-0.39, 0.29) is 11.8 Å². The number of hydrogen-bond acceptors (Lipinski definition) is 5. The van der Waals surface area contributed by atoms with Crippen molar-refractivity contribution >= 4 is 17.4 Å². The molecule has 0 bridgehead atoms. The fourth-order valence-electron chi connectivity index (χ4n) is 1.68. The van der Waals surface area contributed by atoms with Crippen molar-refractivity contribution in [1.29, 1.82) is 0 Å². The Balaban J connectivity index is 2.26. The summed E-state index contributed by atoms with van der Waals surface area (Å²) in [5.41, 5.74) is 0.524. The Morgan fingerprint density at radius 3 is 2.78 bits per heavy atom. The van der Waals surface area contributed by atoms with Gasteiger partial charge in [0.05, 0.1) is 18.7 Å². The minimum absolute atomic E-state index is 0.195. The minimum Gasteiger partial charge on any atom is -0.391 e. The van der Waals surface area contributed by atoms with Crippen LogP contribution in [0.15, 0.2) is 18.7 Å². The van der Waals surface area contributed by atoms with Crippen LogP contribution in [0.5, 0.6) is 0 Å². The Morgan fingerprint density at radius 2 is 2.17 bits per heavy atom. The van der Waals surface area contributed by atoms with Crippen LogP contribution >= 0.6 is 11.6 Å². The number of halogens is 1. The van der Waals surface area contributed by atoms with E-state index in [0.717, 1.165) is 5.82 Å². The molecule has 0 atom stereocenters. The smallest absolute Gasteiger partial charge is 0.140 e. The normalized spacial score (nSPS) is 10.7. The topological polar surface area (TPSA) is 67.1 Å². The van der Waals surface area contributed by atoms with Crippen molar-refractivity contribution in [1.82, 2.24) is 19.5 Å². The maximum Gasteiger partial charge on any atom is 0.140 e. The molecule has 2 heterocycles. The van der Waals surface area contributed by atoms with Crippen LogP contribution in [-0.2, 0) is 20.2 Å². The second-order valence-electron chi connectivity index (χ2n) is 3.94. The van der Waals surface area contributed by atoms with E-state index in [2.05, 4.69) is 15.0 Å². The summed E-state index contributed by atoms with van der Waals surface area (Å²) in [6, 6.07) is 0. The summed E-state index contributed by atoms with van der Waals surface area (Å²) in [7, 11) is 3.79. The van der Waals surface area contributed by atoms with Crippen molar-refractivity contribution in [3.63, 3.8) is 0 Å². The SMILES string of the molecule is CN(Cc1nccn1C)c1ncnc(Cl)c1CO. The van der Waals surface area contributed by atoms with Gasteiger partial charge in [-0.2, -0.15) is 0 Å². The zero-order chi connectivity index (χ0) is 13.1. The predicted molar refractivity (Wildman–Crippen MR) is 68.3 cm³/mol. The molecule has 0 spiro atoms. The van der Waals surface area contributed by atoms with Crippen LogP contribution in [0.1, 0.15) is 11.4 Å². The number of rotatable bonds is 4. The van der Waals surface area contributed by atoms with Gasteiger partial charge in [0.25, 0.3) is 0 Å². The third-order valence-electron chi connectivity index (χ3n) is 2.69. The summed E-state index contributed by atoms with van der Waals surface area (Å²) in [4.78, 5) is 14.1. The van der Waals surface area contributed by atoms with E-state index in [9.17, 15) is 5.11 Å². The van der Waals surface area contributed by atoms with Gasteiger partial charge in [-0.3, -0.25) is 0 Å². The molecule has 2 rings (SSSR count).